The van der Waals surface area contributed by atoms with Crippen LogP contribution in [0, 0.1) is 5.92 Å². The first kappa shape index (κ1) is 17.2. The number of rotatable bonds is 7. The van der Waals surface area contributed by atoms with E-state index in [4.69, 9.17) is 18.9 Å². The summed E-state index contributed by atoms with van der Waals surface area (Å²) in [6.45, 7) is 5.71. The smallest absolute Gasteiger partial charge is 0.223 e. The number of thioether (sulfide) groups is 1. The lowest BCUT2D eigenvalue weighted by atomic mass is 9.67. The van der Waals surface area contributed by atoms with Crippen LogP contribution in [0.25, 0.3) is 0 Å². The number of allylic oxidation sites excluding steroid dienone is 2. The zero-order valence-electron chi connectivity index (χ0n) is 14.5. The second-order valence-electron chi connectivity index (χ2n) is 7.28. The first-order chi connectivity index (χ1) is 12.0. The van der Waals surface area contributed by atoms with Crippen LogP contribution in [-0.4, -0.2) is 42.1 Å². The molecule has 2 heterocycles. The molecular formula is C19H24O5S. The fourth-order valence-electron chi connectivity index (χ4n) is 3.14. The third kappa shape index (κ3) is 3.97. The van der Waals surface area contributed by atoms with Crippen LogP contribution in [0.3, 0.4) is 0 Å². The van der Waals surface area contributed by atoms with Gasteiger partial charge in [0, 0.05) is 12.2 Å². The number of hydrogen-bond donors (Lipinski definition) is 1. The van der Waals surface area contributed by atoms with Gasteiger partial charge < -0.3 is 24.1 Å². The molecule has 1 N–H and O–H groups in total. The summed E-state index contributed by atoms with van der Waals surface area (Å²) in [6, 6.07) is 8.27. The number of ether oxygens (including phenoxy) is 4. The van der Waals surface area contributed by atoms with Gasteiger partial charge in [0.15, 0.2) is 0 Å². The maximum atomic E-state index is 9.34. The van der Waals surface area contributed by atoms with Gasteiger partial charge in [-0.05, 0) is 35.1 Å². The van der Waals surface area contributed by atoms with Crippen LogP contribution >= 0.6 is 11.8 Å². The highest BCUT2D eigenvalue weighted by Crippen LogP contribution is 2.44. The monoisotopic (exact) mass is 364 g/mol. The molecule has 1 aromatic rings. The van der Waals surface area contributed by atoms with E-state index in [9.17, 15) is 5.11 Å². The second-order valence-corrected chi connectivity index (χ2v) is 8.35. The van der Waals surface area contributed by atoms with Gasteiger partial charge in [-0.1, -0.05) is 37.7 Å². The Morgan fingerprint density at radius 1 is 1.28 bits per heavy atom. The van der Waals surface area contributed by atoms with Crippen molar-refractivity contribution in [2.45, 2.75) is 43.7 Å². The van der Waals surface area contributed by atoms with Crippen LogP contribution in [0.4, 0.5) is 0 Å². The lowest BCUT2D eigenvalue weighted by molar-refractivity contribution is -0.0666. The molecule has 0 amide bonds. The third-order valence-electron chi connectivity index (χ3n) is 5.09. The average Bonchev–Trinajstić information content (AvgIpc) is 3.29. The van der Waals surface area contributed by atoms with E-state index in [2.05, 4.69) is 32.1 Å². The molecule has 0 radical (unpaired) electrons. The Morgan fingerprint density at radius 2 is 2.00 bits per heavy atom. The fourth-order valence-corrected chi connectivity index (χ4v) is 3.93. The maximum Gasteiger partial charge on any atom is 0.223 e. The molecule has 1 aliphatic carbocycles. The minimum absolute atomic E-state index is 0.00453. The van der Waals surface area contributed by atoms with Crippen molar-refractivity contribution in [3.05, 3.63) is 41.7 Å². The summed E-state index contributed by atoms with van der Waals surface area (Å²) in [5, 5.41) is 9.34. The third-order valence-corrected chi connectivity index (χ3v) is 6.05. The van der Waals surface area contributed by atoms with Gasteiger partial charge in [-0.2, -0.15) is 0 Å². The van der Waals surface area contributed by atoms with Crippen LogP contribution < -0.4 is 4.74 Å². The lowest BCUT2D eigenvalue weighted by Gasteiger charge is -2.38. The quantitative estimate of drug-likeness (QED) is 0.751. The SMILES string of the molecule is CC(C)(c1ccc(OCC2CSC(O)O2)cc1)C1C=C(OC2CO2)C1. The van der Waals surface area contributed by atoms with Crippen LogP contribution in [0.2, 0.25) is 0 Å². The van der Waals surface area contributed by atoms with E-state index in [1.54, 1.807) is 0 Å². The number of hydrogen-bond acceptors (Lipinski definition) is 6. The molecule has 2 fully saturated rings. The molecule has 4 atom stereocenters. The molecule has 2 aliphatic heterocycles. The molecule has 0 saturated carbocycles. The van der Waals surface area contributed by atoms with Crippen molar-refractivity contribution < 1.29 is 24.1 Å². The highest BCUT2D eigenvalue weighted by molar-refractivity contribution is 7.99. The highest BCUT2D eigenvalue weighted by atomic mass is 32.2. The van der Waals surface area contributed by atoms with Crippen molar-refractivity contribution >= 4 is 11.8 Å². The largest absolute Gasteiger partial charge is 0.491 e. The van der Waals surface area contributed by atoms with Gasteiger partial charge in [0.05, 0.1) is 5.76 Å². The molecule has 0 aromatic heterocycles. The normalized spacial score (nSPS) is 31.2. The molecule has 4 unspecified atom stereocenters. The number of benzene rings is 1. The predicted octanol–water partition coefficient (Wildman–Crippen LogP) is 3.03. The topological polar surface area (TPSA) is 60.5 Å². The van der Waals surface area contributed by atoms with E-state index in [-0.39, 0.29) is 17.8 Å². The zero-order chi connectivity index (χ0) is 17.4. The van der Waals surface area contributed by atoms with Crippen LogP contribution in [-0.2, 0) is 19.6 Å². The van der Waals surface area contributed by atoms with E-state index in [1.165, 1.54) is 17.3 Å². The molecule has 1 aromatic carbocycles. The minimum Gasteiger partial charge on any atom is -0.491 e. The summed E-state index contributed by atoms with van der Waals surface area (Å²) < 4.78 is 21.9. The molecule has 136 valence electrons. The standard InChI is InChI=1S/C19H24O5S/c1-19(2,13-7-15(8-13)23-17-10-22-17)12-3-5-14(6-4-12)21-9-16-11-25-18(20)24-16/h3-7,13,16-18,20H,8-11H2,1-2H3. The van der Waals surface area contributed by atoms with E-state index >= 15 is 0 Å². The number of aliphatic hydroxyl groups is 1. The van der Waals surface area contributed by atoms with Gasteiger partial charge in [0.2, 0.25) is 11.9 Å². The molecule has 0 spiro atoms. The summed E-state index contributed by atoms with van der Waals surface area (Å²) in [4.78, 5) is 0. The van der Waals surface area contributed by atoms with E-state index in [0.717, 1.165) is 30.3 Å². The van der Waals surface area contributed by atoms with Gasteiger partial charge in [0.1, 0.15) is 25.1 Å². The average molecular weight is 364 g/mol. The molecule has 0 bridgehead atoms. The van der Waals surface area contributed by atoms with Crippen LogP contribution in [0.5, 0.6) is 5.75 Å². The Hall–Kier alpha value is -1.21. The molecule has 4 rings (SSSR count). The Balaban J connectivity index is 1.32. The van der Waals surface area contributed by atoms with Crippen molar-refractivity contribution in [3.63, 3.8) is 0 Å². The lowest BCUT2D eigenvalue weighted by Crippen LogP contribution is -2.33. The van der Waals surface area contributed by atoms with Crippen molar-refractivity contribution in [2.75, 3.05) is 19.0 Å². The summed E-state index contributed by atoms with van der Waals surface area (Å²) in [5.74, 6) is 3.11. The molecule has 25 heavy (non-hydrogen) atoms. The molecule has 5 nitrogen and oxygen atoms in total. The van der Waals surface area contributed by atoms with Crippen molar-refractivity contribution in [3.8, 4) is 5.75 Å². The van der Waals surface area contributed by atoms with Gasteiger partial charge in [-0.25, -0.2) is 0 Å². The van der Waals surface area contributed by atoms with E-state index in [0.29, 0.717) is 12.5 Å². The Bertz CT molecular complexity index is 638. The summed E-state index contributed by atoms with van der Waals surface area (Å²) in [6.07, 6.45) is 3.12. The zero-order valence-corrected chi connectivity index (χ0v) is 15.3. The maximum absolute atomic E-state index is 9.34. The minimum atomic E-state index is -0.715. The Kier molecular flexibility index (Phi) is 4.71. The Labute approximate surface area is 152 Å². The van der Waals surface area contributed by atoms with Crippen LogP contribution in [0.15, 0.2) is 36.1 Å². The molecule has 2 saturated heterocycles. The first-order valence-corrected chi connectivity index (χ1v) is 9.73. The van der Waals surface area contributed by atoms with Gasteiger partial charge in [0.25, 0.3) is 0 Å². The van der Waals surface area contributed by atoms with Gasteiger partial charge in [-0.15, -0.1) is 0 Å². The summed E-state index contributed by atoms with van der Waals surface area (Å²) in [5.41, 5.74) is 0.615. The first-order valence-electron chi connectivity index (χ1n) is 8.68. The van der Waals surface area contributed by atoms with Crippen molar-refractivity contribution in [2.24, 2.45) is 5.92 Å². The van der Waals surface area contributed by atoms with E-state index < -0.39 is 5.62 Å². The second kappa shape index (κ2) is 6.83. The predicted molar refractivity (Wildman–Crippen MR) is 95.3 cm³/mol. The number of aliphatic hydroxyl groups excluding tert-OH is 1. The summed E-state index contributed by atoms with van der Waals surface area (Å²) in [7, 11) is 0. The van der Waals surface area contributed by atoms with Crippen molar-refractivity contribution in [1.82, 2.24) is 0 Å². The van der Waals surface area contributed by atoms with Gasteiger partial charge >= 0.3 is 0 Å². The highest BCUT2D eigenvalue weighted by Gasteiger charge is 2.38. The molecule has 6 heteroatoms. The van der Waals surface area contributed by atoms with E-state index in [1.807, 2.05) is 12.1 Å². The Morgan fingerprint density at radius 3 is 2.60 bits per heavy atom. The fraction of sp³-hybridized carbons (Fsp3) is 0.579. The van der Waals surface area contributed by atoms with Gasteiger partial charge in [-0.3, -0.25) is 0 Å². The van der Waals surface area contributed by atoms with Crippen molar-refractivity contribution in [1.29, 1.82) is 0 Å². The molecular weight excluding hydrogens is 340 g/mol. The molecule has 3 aliphatic rings. The summed E-state index contributed by atoms with van der Waals surface area (Å²) >= 11 is 1.40. The number of epoxide rings is 1. The van der Waals surface area contributed by atoms with Crippen LogP contribution in [0.1, 0.15) is 25.8 Å².